The van der Waals surface area contributed by atoms with Gasteiger partial charge in [0, 0.05) is 0 Å². The lowest BCUT2D eigenvalue weighted by molar-refractivity contribution is 0.112. The van der Waals surface area contributed by atoms with Crippen LogP contribution in [-0.2, 0) is 52.8 Å². The van der Waals surface area contributed by atoms with Crippen LogP contribution in [0.1, 0.15) is 13.3 Å². The fraction of sp³-hybridized carbons (Fsp3) is 1.00. The van der Waals surface area contributed by atoms with E-state index in [1.165, 1.54) is 0 Å². The summed E-state index contributed by atoms with van der Waals surface area (Å²) in [4.78, 5) is 0. The smallest absolute Gasteiger partial charge is 0.266 e. The summed E-state index contributed by atoms with van der Waals surface area (Å²) in [7, 11) is -7.64. The highest BCUT2D eigenvalue weighted by molar-refractivity contribution is 7.86. The molecule has 21 heavy (non-hydrogen) atoms. The lowest BCUT2D eigenvalue weighted by Gasteiger charge is -2.13. The van der Waals surface area contributed by atoms with E-state index >= 15 is 0 Å². The van der Waals surface area contributed by atoms with Crippen LogP contribution in [0.4, 0.5) is 0 Å². The maximum Gasteiger partial charge on any atom is 0.400 e. The third-order valence-electron chi connectivity index (χ3n) is 2.12. The Labute approximate surface area is 126 Å². The van der Waals surface area contributed by atoms with Gasteiger partial charge in [-0.05, 0) is 6.42 Å². The average Bonchev–Trinajstić information content (AvgIpc) is 2.70. The van der Waals surface area contributed by atoms with Crippen molar-refractivity contribution in [2.24, 2.45) is 0 Å². The molecular formula is C8H16O10S3. The van der Waals surface area contributed by atoms with E-state index in [-0.39, 0.29) is 19.8 Å². The molecule has 1 fully saturated rings. The fourth-order valence-electron chi connectivity index (χ4n) is 1.22. The van der Waals surface area contributed by atoms with Crippen molar-refractivity contribution < 1.29 is 42.0 Å². The van der Waals surface area contributed by atoms with Crippen molar-refractivity contribution in [1.29, 1.82) is 0 Å². The molecular weight excluding hydrogens is 352 g/mol. The summed E-state index contributed by atoms with van der Waals surface area (Å²) in [5.74, 6) is 0. The Bertz CT molecular complexity index is 553. The van der Waals surface area contributed by atoms with Crippen LogP contribution >= 0.6 is 0 Å². The number of hydrogen-bond acceptors (Lipinski definition) is 10. The average molecular weight is 368 g/mol. The van der Waals surface area contributed by atoms with Crippen molar-refractivity contribution >= 4 is 31.9 Å². The van der Waals surface area contributed by atoms with Crippen molar-refractivity contribution in [1.82, 2.24) is 0 Å². The third kappa shape index (κ3) is 8.15. The second-order valence-corrected chi connectivity index (χ2v) is 7.74. The minimum Gasteiger partial charge on any atom is -0.266 e. The topological polar surface area (TPSA) is 132 Å². The summed E-state index contributed by atoms with van der Waals surface area (Å²) in [5.41, 5.74) is 0. The Morgan fingerprint density at radius 3 is 2.52 bits per heavy atom. The van der Waals surface area contributed by atoms with Gasteiger partial charge in [0.25, 0.3) is 10.1 Å². The lowest BCUT2D eigenvalue weighted by Crippen LogP contribution is -2.24. The molecule has 1 aliphatic heterocycles. The molecule has 126 valence electrons. The SMILES string of the molecule is CCC(COS(=O)OCC1COS(=O)(=O)O1)OS(C)(=O)=O. The summed E-state index contributed by atoms with van der Waals surface area (Å²) in [6, 6.07) is 0. The minimum absolute atomic E-state index is 0.242. The van der Waals surface area contributed by atoms with Crippen LogP contribution in [0, 0.1) is 0 Å². The molecule has 1 heterocycles. The van der Waals surface area contributed by atoms with Crippen LogP contribution < -0.4 is 0 Å². The summed E-state index contributed by atoms with van der Waals surface area (Å²) in [5, 5.41) is 0. The van der Waals surface area contributed by atoms with E-state index in [1.54, 1.807) is 6.92 Å². The quantitative estimate of drug-likeness (QED) is 0.467. The molecule has 10 nitrogen and oxygen atoms in total. The van der Waals surface area contributed by atoms with E-state index in [0.29, 0.717) is 6.42 Å². The maximum absolute atomic E-state index is 11.4. The Hall–Kier alpha value is -0.150. The molecule has 0 bridgehead atoms. The zero-order chi connectivity index (χ0) is 16.1. The van der Waals surface area contributed by atoms with Crippen LogP contribution in [0.15, 0.2) is 0 Å². The summed E-state index contributed by atoms with van der Waals surface area (Å²) in [6.07, 6.45) is -0.487. The van der Waals surface area contributed by atoms with Gasteiger partial charge in [-0.25, -0.2) is 8.37 Å². The predicted molar refractivity (Wildman–Crippen MR) is 69.8 cm³/mol. The van der Waals surface area contributed by atoms with Gasteiger partial charge in [0.1, 0.15) is 12.2 Å². The lowest BCUT2D eigenvalue weighted by atomic mass is 10.3. The highest BCUT2D eigenvalue weighted by Crippen LogP contribution is 2.13. The van der Waals surface area contributed by atoms with Crippen LogP contribution in [0.25, 0.3) is 0 Å². The van der Waals surface area contributed by atoms with Gasteiger partial charge in [-0.3, -0.25) is 12.5 Å². The van der Waals surface area contributed by atoms with Gasteiger partial charge in [0.15, 0.2) is 0 Å². The largest absolute Gasteiger partial charge is 0.400 e. The van der Waals surface area contributed by atoms with Crippen LogP contribution in [-0.4, -0.2) is 59.3 Å². The molecule has 0 spiro atoms. The number of rotatable bonds is 9. The standard InChI is InChI=1S/C8H16O10S3/c1-3-7(17-20(2,10)11)4-14-19(9)15-5-8-6-16-21(12,13)18-8/h7-8H,3-6H2,1-2H3. The minimum atomic E-state index is -4.00. The van der Waals surface area contributed by atoms with Gasteiger partial charge in [-0.2, -0.15) is 21.0 Å². The normalized spacial score (nSPS) is 24.8. The highest BCUT2D eigenvalue weighted by Gasteiger charge is 2.30. The summed E-state index contributed by atoms with van der Waals surface area (Å²) < 4.78 is 77.7. The predicted octanol–water partition coefficient (Wildman–Crippen LogP) is -0.987. The molecule has 0 saturated carbocycles. The maximum atomic E-state index is 11.4. The molecule has 0 aromatic carbocycles. The van der Waals surface area contributed by atoms with Gasteiger partial charge in [-0.1, -0.05) is 6.92 Å². The molecule has 13 heteroatoms. The first kappa shape index (κ1) is 18.9. The van der Waals surface area contributed by atoms with Crippen molar-refractivity contribution in [3.05, 3.63) is 0 Å². The Morgan fingerprint density at radius 2 is 2.05 bits per heavy atom. The second-order valence-electron chi connectivity index (χ2n) is 4.01. The Morgan fingerprint density at radius 1 is 1.38 bits per heavy atom. The zero-order valence-corrected chi connectivity index (χ0v) is 13.7. The molecule has 0 aromatic rings. The van der Waals surface area contributed by atoms with Crippen LogP contribution in [0.3, 0.4) is 0 Å². The first-order valence-corrected chi connectivity index (χ1v) is 9.90. The molecule has 0 aliphatic carbocycles. The van der Waals surface area contributed by atoms with E-state index in [2.05, 4.69) is 12.5 Å². The first-order valence-electron chi connectivity index (χ1n) is 5.75. The molecule has 1 saturated heterocycles. The molecule has 0 amide bonds. The molecule has 3 unspecified atom stereocenters. The summed E-state index contributed by atoms with van der Waals surface area (Å²) >= 11 is -2.20. The second kappa shape index (κ2) is 7.92. The van der Waals surface area contributed by atoms with Gasteiger partial charge in [0.05, 0.1) is 26.1 Å². The number of hydrogen-bond donors (Lipinski definition) is 0. The fourth-order valence-corrected chi connectivity index (χ4v) is 3.31. The van der Waals surface area contributed by atoms with Gasteiger partial charge < -0.3 is 0 Å². The van der Waals surface area contributed by atoms with E-state index in [1.807, 2.05) is 0 Å². The molecule has 0 N–H and O–H groups in total. The first-order chi connectivity index (χ1) is 9.61. The highest BCUT2D eigenvalue weighted by atomic mass is 32.3. The van der Waals surface area contributed by atoms with Gasteiger partial charge >= 0.3 is 21.8 Å². The third-order valence-corrected chi connectivity index (χ3v) is 4.33. The van der Waals surface area contributed by atoms with Gasteiger partial charge in [-0.15, -0.1) is 0 Å². The monoisotopic (exact) mass is 368 g/mol. The van der Waals surface area contributed by atoms with Crippen molar-refractivity contribution in [3.63, 3.8) is 0 Å². The zero-order valence-electron chi connectivity index (χ0n) is 11.3. The van der Waals surface area contributed by atoms with E-state index in [9.17, 15) is 21.0 Å². The summed E-state index contributed by atoms with van der Waals surface area (Å²) in [6.45, 7) is 0.831. The Balaban J connectivity index is 2.27. The van der Waals surface area contributed by atoms with Crippen molar-refractivity contribution in [3.8, 4) is 0 Å². The van der Waals surface area contributed by atoms with E-state index in [0.717, 1.165) is 6.26 Å². The van der Waals surface area contributed by atoms with Crippen molar-refractivity contribution in [2.45, 2.75) is 25.6 Å². The molecule has 3 atom stereocenters. The molecule has 0 aromatic heterocycles. The Kier molecular flexibility index (Phi) is 7.12. The van der Waals surface area contributed by atoms with Crippen LogP contribution in [0.5, 0.6) is 0 Å². The molecule has 1 rings (SSSR count). The van der Waals surface area contributed by atoms with Crippen molar-refractivity contribution in [2.75, 3.05) is 26.1 Å². The van der Waals surface area contributed by atoms with E-state index in [4.69, 9.17) is 8.37 Å². The molecule has 0 radical (unpaired) electrons. The van der Waals surface area contributed by atoms with Gasteiger partial charge in [0.2, 0.25) is 0 Å². The van der Waals surface area contributed by atoms with Crippen LogP contribution in [0.2, 0.25) is 0 Å². The molecule has 1 aliphatic rings. The van der Waals surface area contributed by atoms with E-state index < -0.39 is 44.1 Å².